The molecule has 2 heterocycles. The van der Waals surface area contributed by atoms with Gasteiger partial charge in [0.25, 0.3) is 0 Å². The van der Waals surface area contributed by atoms with Crippen LogP contribution in [0.15, 0.2) is 10.6 Å². The molecule has 1 aliphatic carbocycles. The van der Waals surface area contributed by atoms with E-state index >= 15 is 0 Å². The molecule has 130 valence electrons. The Labute approximate surface area is 141 Å². The molecular formula is C17H25N5O2. The zero-order chi connectivity index (χ0) is 17.5. The third-order valence-electron chi connectivity index (χ3n) is 4.37. The first kappa shape index (κ1) is 16.5. The van der Waals surface area contributed by atoms with E-state index in [0.717, 1.165) is 30.5 Å². The molecule has 3 rings (SSSR count). The molecule has 0 spiro atoms. The number of hydrogen-bond donors (Lipinski definition) is 2. The molecule has 7 nitrogen and oxygen atoms in total. The van der Waals surface area contributed by atoms with E-state index in [4.69, 9.17) is 4.42 Å². The fourth-order valence-corrected chi connectivity index (χ4v) is 3.10. The molecule has 2 aromatic rings. The molecule has 0 fully saturated rings. The molecule has 2 aromatic heterocycles. The van der Waals surface area contributed by atoms with Crippen molar-refractivity contribution in [2.24, 2.45) is 0 Å². The van der Waals surface area contributed by atoms with Gasteiger partial charge in [0.05, 0.1) is 23.5 Å². The molecule has 0 saturated carbocycles. The Morgan fingerprint density at radius 1 is 1.38 bits per heavy atom. The number of aromatic nitrogens is 3. The second-order valence-electron chi connectivity index (χ2n) is 7.33. The summed E-state index contributed by atoms with van der Waals surface area (Å²) in [7, 11) is 0. The van der Waals surface area contributed by atoms with E-state index in [1.165, 1.54) is 5.69 Å². The van der Waals surface area contributed by atoms with Gasteiger partial charge in [-0.1, -0.05) is 0 Å². The third kappa shape index (κ3) is 3.16. The largest absolute Gasteiger partial charge is 0.428 e. The van der Waals surface area contributed by atoms with Crippen LogP contribution in [-0.4, -0.2) is 20.8 Å². The van der Waals surface area contributed by atoms with Crippen molar-refractivity contribution in [2.75, 3.05) is 5.32 Å². The summed E-state index contributed by atoms with van der Waals surface area (Å²) in [6.45, 7) is 10.1. The van der Waals surface area contributed by atoms with Gasteiger partial charge in [-0.25, -0.2) is 4.79 Å². The van der Waals surface area contributed by atoms with Crippen molar-refractivity contribution in [1.82, 2.24) is 20.1 Å². The first-order chi connectivity index (χ1) is 11.3. The summed E-state index contributed by atoms with van der Waals surface area (Å²) in [6.07, 6.45) is 4.80. The number of hydrogen-bond acceptors (Lipinski definition) is 4. The van der Waals surface area contributed by atoms with Crippen LogP contribution in [-0.2, 0) is 12.0 Å². The minimum atomic E-state index is -0.308. The summed E-state index contributed by atoms with van der Waals surface area (Å²) in [4.78, 5) is 16.4. The van der Waals surface area contributed by atoms with Crippen LogP contribution in [0.1, 0.15) is 62.4 Å². The maximum absolute atomic E-state index is 12.3. The van der Waals surface area contributed by atoms with Crippen LogP contribution in [0.4, 0.5) is 10.8 Å². The van der Waals surface area contributed by atoms with E-state index in [1.54, 1.807) is 0 Å². The Morgan fingerprint density at radius 3 is 2.75 bits per heavy atom. The summed E-state index contributed by atoms with van der Waals surface area (Å²) >= 11 is 0. The van der Waals surface area contributed by atoms with Gasteiger partial charge in [0.15, 0.2) is 0 Å². The fourth-order valence-electron chi connectivity index (χ4n) is 3.10. The Balaban J connectivity index is 1.73. The van der Waals surface area contributed by atoms with E-state index < -0.39 is 0 Å². The van der Waals surface area contributed by atoms with Gasteiger partial charge in [0, 0.05) is 11.3 Å². The van der Waals surface area contributed by atoms with Crippen molar-refractivity contribution < 1.29 is 9.21 Å². The van der Waals surface area contributed by atoms with Gasteiger partial charge in [0.2, 0.25) is 0 Å². The average molecular weight is 331 g/mol. The number of urea groups is 1. The summed E-state index contributed by atoms with van der Waals surface area (Å²) < 4.78 is 7.46. The monoisotopic (exact) mass is 331 g/mol. The van der Waals surface area contributed by atoms with Crippen molar-refractivity contribution in [3.63, 3.8) is 0 Å². The minimum Gasteiger partial charge on any atom is -0.428 e. The molecule has 1 aliphatic rings. The fraction of sp³-hybridized carbons (Fsp3) is 0.588. The maximum atomic E-state index is 12.3. The molecule has 0 radical (unpaired) electrons. The minimum absolute atomic E-state index is 0.0398. The predicted octanol–water partition coefficient (Wildman–Crippen LogP) is 3.44. The van der Waals surface area contributed by atoms with Crippen LogP contribution in [0.5, 0.6) is 0 Å². The van der Waals surface area contributed by atoms with Gasteiger partial charge in [0.1, 0.15) is 5.76 Å². The molecule has 7 heteroatoms. The highest BCUT2D eigenvalue weighted by Crippen LogP contribution is 2.32. The Kier molecular flexibility index (Phi) is 4.11. The number of carbonyl (C=O) groups is 1. The molecule has 0 saturated heterocycles. The molecule has 2 N–H and O–H groups in total. The van der Waals surface area contributed by atoms with Crippen molar-refractivity contribution in [3.05, 3.63) is 28.9 Å². The number of anilines is 1. The van der Waals surface area contributed by atoms with Crippen LogP contribution >= 0.6 is 0 Å². The number of nitrogens with zero attached hydrogens (tertiary/aromatic N) is 3. The maximum Gasteiger partial charge on any atom is 0.323 e. The van der Waals surface area contributed by atoms with Gasteiger partial charge in [-0.15, -0.1) is 0 Å². The second-order valence-corrected chi connectivity index (χ2v) is 7.33. The number of amides is 2. The van der Waals surface area contributed by atoms with Gasteiger partial charge in [-0.2, -0.15) is 10.1 Å². The standard InChI is InChI=1S/C17H25N5O2/c1-10-11(2)24-16(19-10)21-15(23)20-13-7-6-8-14-12(13)9-18-22(14)17(3,4)5/h9,13H,6-8H2,1-5H3,(H2,19,20,21,23). The third-order valence-corrected chi connectivity index (χ3v) is 4.37. The lowest BCUT2D eigenvalue weighted by molar-refractivity contribution is 0.246. The molecule has 1 unspecified atom stereocenters. The summed E-state index contributed by atoms with van der Waals surface area (Å²) in [6, 6.07) is -0.122. The topological polar surface area (TPSA) is 85.0 Å². The van der Waals surface area contributed by atoms with Crippen molar-refractivity contribution in [1.29, 1.82) is 0 Å². The Morgan fingerprint density at radius 2 is 2.12 bits per heavy atom. The van der Waals surface area contributed by atoms with Crippen molar-refractivity contribution >= 4 is 12.0 Å². The van der Waals surface area contributed by atoms with Crippen molar-refractivity contribution in [3.8, 4) is 0 Å². The molecule has 0 bridgehead atoms. The normalized spacial score (nSPS) is 17.5. The highest BCUT2D eigenvalue weighted by molar-refractivity contribution is 5.87. The number of rotatable bonds is 2. The summed E-state index contributed by atoms with van der Waals surface area (Å²) in [5, 5.41) is 10.2. The van der Waals surface area contributed by atoms with E-state index in [1.807, 2.05) is 20.0 Å². The zero-order valence-electron chi connectivity index (χ0n) is 14.9. The van der Waals surface area contributed by atoms with Gasteiger partial charge >= 0.3 is 12.0 Å². The number of aryl methyl sites for hydroxylation is 2. The van der Waals surface area contributed by atoms with Crippen molar-refractivity contribution in [2.45, 2.75) is 65.5 Å². The zero-order valence-corrected chi connectivity index (χ0v) is 14.9. The number of fused-ring (bicyclic) bond motifs is 1. The van der Waals surface area contributed by atoms with E-state index in [9.17, 15) is 4.79 Å². The molecule has 0 aliphatic heterocycles. The SMILES string of the molecule is Cc1nc(NC(=O)NC2CCCc3c2cnn3C(C)(C)C)oc1C. The quantitative estimate of drug-likeness (QED) is 0.883. The van der Waals surface area contributed by atoms with Crippen LogP contribution < -0.4 is 10.6 Å². The van der Waals surface area contributed by atoms with Gasteiger partial charge < -0.3 is 9.73 Å². The lowest BCUT2D eigenvalue weighted by atomic mass is 9.92. The Hall–Kier alpha value is -2.31. The van der Waals surface area contributed by atoms with E-state index in [2.05, 4.69) is 46.2 Å². The van der Waals surface area contributed by atoms with Gasteiger partial charge in [-0.3, -0.25) is 10.00 Å². The van der Waals surface area contributed by atoms with Crippen LogP contribution in [0.2, 0.25) is 0 Å². The molecular weight excluding hydrogens is 306 g/mol. The number of carbonyl (C=O) groups excluding carboxylic acids is 1. The first-order valence-electron chi connectivity index (χ1n) is 8.34. The second kappa shape index (κ2) is 5.96. The summed E-state index contributed by atoms with van der Waals surface area (Å²) in [5.41, 5.74) is 3.02. The average Bonchev–Trinajstić information content (AvgIpc) is 3.03. The molecule has 24 heavy (non-hydrogen) atoms. The number of oxazole rings is 1. The predicted molar refractivity (Wildman–Crippen MR) is 91.0 cm³/mol. The van der Waals surface area contributed by atoms with Crippen LogP contribution in [0.3, 0.4) is 0 Å². The van der Waals surface area contributed by atoms with Gasteiger partial charge in [-0.05, 0) is 53.9 Å². The highest BCUT2D eigenvalue weighted by atomic mass is 16.4. The van der Waals surface area contributed by atoms with Crippen LogP contribution in [0.25, 0.3) is 0 Å². The van der Waals surface area contributed by atoms with E-state index in [0.29, 0.717) is 5.76 Å². The van der Waals surface area contributed by atoms with E-state index in [-0.39, 0.29) is 23.6 Å². The lowest BCUT2D eigenvalue weighted by Gasteiger charge is -2.28. The summed E-state index contributed by atoms with van der Waals surface area (Å²) in [5.74, 6) is 0.705. The van der Waals surface area contributed by atoms with Crippen LogP contribution in [0, 0.1) is 13.8 Å². The number of nitrogens with one attached hydrogen (secondary N) is 2. The molecule has 2 amide bonds. The smallest absolute Gasteiger partial charge is 0.323 e. The lowest BCUT2D eigenvalue weighted by Crippen LogP contribution is -2.35. The highest BCUT2D eigenvalue weighted by Gasteiger charge is 2.29. The molecule has 1 atom stereocenters. The Bertz CT molecular complexity index is 734. The molecule has 0 aromatic carbocycles. The first-order valence-corrected chi connectivity index (χ1v) is 8.34.